The summed E-state index contributed by atoms with van der Waals surface area (Å²) < 4.78 is 22.9. The van der Waals surface area contributed by atoms with Crippen LogP contribution in [0.3, 0.4) is 0 Å². The van der Waals surface area contributed by atoms with E-state index in [1.54, 1.807) is 0 Å². The van der Waals surface area contributed by atoms with Gasteiger partial charge in [0.1, 0.15) is 0 Å². The zero-order chi connectivity index (χ0) is 15.7. The van der Waals surface area contributed by atoms with Gasteiger partial charge in [-0.3, -0.25) is 4.79 Å². The first-order valence-corrected chi connectivity index (χ1v) is 9.18. The van der Waals surface area contributed by atoms with Gasteiger partial charge in [-0.25, -0.2) is 13.2 Å². The standard InChI is InChI=1S/C13H24N2O5S/c16-12(17)7-3-1-2-4-8-14-13(18)15-11-6-5-9-21(19,20)10-11/h11H,1-10H2,(H,16,17)(H2,14,15,18). The molecule has 0 spiro atoms. The second-order valence-electron chi connectivity index (χ2n) is 5.41. The highest BCUT2D eigenvalue weighted by molar-refractivity contribution is 7.91. The molecule has 1 rings (SSSR count). The number of hydrogen-bond donors (Lipinski definition) is 3. The molecule has 0 radical (unpaired) electrons. The fraction of sp³-hybridized carbons (Fsp3) is 0.846. The number of aliphatic carboxylic acids is 1. The lowest BCUT2D eigenvalue weighted by molar-refractivity contribution is -0.137. The van der Waals surface area contributed by atoms with E-state index in [0.717, 1.165) is 19.3 Å². The number of carbonyl (C=O) groups is 2. The van der Waals surface area contributed by atoms with Gasteiger partial charge in [-0.15, -0.1) is 0 Å². The lowest BCUT2D eigenvalue weighted by Gasteiger charge is -2.23. The van der Waals surface area contributed by atoms with Gasteiger partial charge in [0.2, 0.25) is 0 Å². The smallest absolute Gasteiger partial charge is 0.315 e. The molecule has 1 unspecified atom stereocenters. The predicted molar refractivity (Wildman–Crippen MR) is 78.9 cm³/mol. The van der Waals surface area contributed by atoms with Gasteiger partial charge in [0.05, 0.1) is 11.5 Å². The highest BCUT2D eigenvalue weighted by Gasteiger charge is 2.25. The molecule has 0 aromatic heterocycles. The fourth-order valence-corrected chi connectivity index (χ4v) is 3.97. The Hall–Kier alpha value is -1.31. The van der Waals surface area contributed by atoms with Crippen LogP contribution in [0.5, 0.6) is 0 Å². The molecule has 3 N–H and O–H groups in total. The van der Waals surface area contributed by atoms with Gasteiger partial charge in [-0.2, -0.15) is 0 Å². The van der Waals surface area contributed by atoms with Gasteiger partial charge < -0.3 is 15.7 Å². The zero-order valence-corrected chi connectivity index (χ0v) is 13.0. The third kappa shape index (κ3) is 8.54. The lowest BCUT2D eigenvalue weighted by atomic mass is 10.1. The summed E-state index contributed by atoms with van der Waals surface area (Å²) in [4.78, 5) is 21.9. The van der Waals surface area contributed by atoms with Crippen LogP contribution in [0.2, 0.25) is 0 Å². The molecular weight excluding hydrogens is 296 g/mol. The number of rotatable bonds is 8. The van der Waals surface area contributed by atoms with Gasteiger partial charge in [-0.05, 0) is 25.7 Å². The molecule has 21 heavy (non-hydrogen) atoms. The third-order valence-electron chi connectivity index (χ3n) is 3.40. The summed E-state index contributed by atoms with van der Waals surface area (Å²) in [5, 5.41) is 13.9. The molecule has 0 aromatic carbocycles. The highest BCUT2D eigenvalue weighted by atomic mass is 32.2. The summed E-state index contributed by atoms with van der Waals surface area (Å²) in [5.41, 5.74) is 0. The highest BCUT2D eigenvalue weighted by Crippen LogP contribution is 2.11. The van der Waals surface area contributed by atoms with E-state index in [-0.39, 0.29) is 30.0 Å². The van der Waals surface area contributed by atoms with Crippen LogP contribution in [0, 0.1) is 0 Å². The van der Waals surface area contributed by atoms with E-state index in [0.29, 0.717) is 25.8 Å². The summed E-state index contributed by atoms with van der Waals surface area (Å²) in [6, 6.07) is -0.623. The van der Waals surface area contributed by atoms with Crippen molar-refractivity contribution in [1.29, 1.82) is 0 Å². The Labute approximate surface area is 125 Å². The Balaban J connectivity index is 2.05. The van der Waals surface area contributed by atoms with E-state index in [2.05, 4.69) is 10.6 Å². The number of carboxylic acids is 1. The molecule has 1 fully saturated rings. The Morgan fingerprint density at radius 2 is 1.86 bits per heavy atom. The first-order chi connectivity index (χ1) is 9.89. The first kappa shape index (κ1) is 17.7. The number of carboxylic acid groups (broad SMARTS) is 1. The van der Waals surface area contributed by atoms with Crippen molar-refractivity contribution in [1.82, 2.24) is 10.6 Å². The molecule has 1 aliphatic rings. The minimum absolute atomic E-state index is 0.0234. The van der Waals surface area contributed by atoms with Crippen molar-refractivity contribution in [3.8, 4) is 0 Å². The van der Waals surface area contributed by atoms with Gasteiger partial charge >= 0.3 is 12.0 Å². The van der Waals surface area contributed by atoms with E-state index < -0.39 is 15.8 Å². The van der Waals surface area contributed by atoms with Crippen molar-refractivity contribution in [3.05, 3.63) is 0 Å². The number of sulfone groups is 1. The van der Waals surface area contributed by atoms with Crippen molar-refractivity contribution in [2.45, 2.75) is 51.0 Å². The Morgan fingerprint density at radius 1 is 1.14 bits per heavy atom. The molecule has 0 aliphatic carbocycles. The largest absolute Gasteiger partial charge is 0.481 e. The Kier molecular flexibility index (Phi) is 7.49. The van der Waals surface area contributed by atoms with E-state index in [1.165, 1.54) is 0 Å². The molecule has 1 atom stereocenters. The normalized spacial score (nSPS) is 20.7. The molecule has 1 heterocycles. The molecule has 0 bridgehead atoms. The van der Waals surface area contributed by atoms with Gasteiger partial charge in [0.15, 0.2) is 9.84 Å². The predicted octanol–water partition coefficient (Wildman–Crippen LogP) is 0.898. The van der Waals surface area contributed by atoms with E-state index >= 15 is 0 Å². The fourth-order valence-electron chi connectivity index (χ4n) is 2.33. The van der Waals surface area contributed by atoms with Crippen LogP contribution in [0.25, 0.3) is 0 Å². The molecule has 1 saturated heterocycles. The SMILES string of the molecule is O=C(O)CCCCCCNC(=O)NC1CCCS(=O)(=O)C1. The maximum Gasteiger partial charge on any atom is 0.315 e. The lowest BCUT2D eigenvalue weighted by Crippen LogP contribution is -2.47. The second kappa shape index (κ2) is 8.86. The molecule has 7 nitrogen and oxygen atoms in total. The minimum atomic E-state index is -3.01. The number of urea groups is 1. The maximum absolute atomic E-state index is 11.6. The minimum Gasteiger partial charge on any atom is -0.481 e. The maximum atomic E-state index is 11.6. The van der Waals surface area contributed by atoms with E-state index in [9.17, 15) is 18.0 Å². The quantitative estimate of drug-likeness (QED) is 0.575. The molecule has 8 heteroatoms. The van der Waals surface area contributed by atoms with Crippen molar-refractivity contribution < 1.29 is 23.1 Å². The summed E-state index contributed by atoms with van der Waals surface area (Å²) in [6.07, 6.45) is 4.61. The van der Waals surface area contributed by atoms with Crippen LogP contribution >= 0.6 is 0 Å². The molecule has 0 aromatic rings. The van der Waals surface area contributed by atoms with Crippen LogP contribution in [0.1, 0.15) is 44.9 Å². The van der Waals surface area contributed by atoms with Gasteiger partial charge in [0, 0.05) is 19.0 Å². The average molecular weight is 320 g/mol. The number of hydrogen-bond acceptors (Lipinski definition) is 4. The summed E-state index contributed by atoms with van der Waals surface area (Å²) in [5.74, 6) is -0.548. The van der Waals surface area contributed by atoms with Crippen LogP contribution in [-0.4, -0.2) is 49.6 Å². The zero-order valence-electron chi connectivity index (χ0n) is 12.1. The summed E-state index contributed by atoms with van der Waals surface area (Å²) in [6.45, 7) is 0.512. The van der Waals surface area contributed by atoms with Crippen molar-refractivity contribution in [2.24, 2.45) is 0 Å². The van der Waals surface area contributed by atoms with Crippen LogP contribution < -0.4 is 10.6 Å². The molecular formula is C13H24N2O5S. The van der Waals surface area contributed by atoms with Crippen LogP contribution in [-0.2, 0) is 14.6 Å². The van der Waals surface area contributed by atoms with Crippen molar-refractivity contribution in [3.63, 3.8) is 0 Å². The van der Waals surface area contributed by atoms with Crippen LogP contribution in [0.15, 0.2) is 0 Å². The molecule has 2 amide bonds. The molecule has 1 aliphatic heterocycles. The second-order valence-corrected chi connectivity index (χ2v) is 7.64. The van der Waals surface area contributed by atoms with Crippen molar-refractivity contribution in [2.75, 3.05) is 18.1 Å². The van der Waals surface area contributed by atoms with Gasteiger partial charge in [-0.1, -0.05) is 12.8 Å². The van der Waals surface area contributed by atoms with Crippen molar-refractivity contribution >= 4 is 21.8 Å². The monoisotopic (exact) mass is 320 g/mol. The summed E-state index contributed by atoms with van der Waals surface area (Å²) >= 11 is 0. The molecule has 122 valence electrons. The van der Waals surface area contributed by atoms with Crippen LogP contribution in [0.4, 0.5) is 4.79 Å². The third-order valence-corrected chi connectivity index (χ3v) is 5.22. The van der Waals surface area contributed by atoms with E-state index in [4.69, 9.17) is 5.11 Å². The Bertz CT molecular complexity index is 449. The number of nitrogens with one attached hydrogen (secondary N) is 2. The number of amides is 2. The first-order valence-electron chi connectivity index (χ1n) is 7.35. The molecule has 0 saturated carbocycles. The summed E-state index contributed by atoms with van der Waals surface area (Å²) in [7, 11) is -3.01. The van der Waals surface area contributed by atoms with E-state index in [1.807, 2.05) is 0 Å². The number of carbonyl (C=O) groups excluding carboxylic acids is 1. The van der Waals surface area contributed by atoms with Gasteiger partial charge in [0.25, 0.3) is 0 Å². The topological polar surface area (TPSA) is 113 Å². The average Bonchev–Trinajstić information content (AvgIpc) is 2.36. The Morgan fingerprint density at radius 3 is 2.52 bits per heavy atom. The number of unbranched alkanes of at least 4 members (excludes halogenated alkanes) is 3.